The number of ether oxygens (including phenoxy) is 2. The maximum Gasteiger partial charge on any atom is 0.261 e. The number of aromatic nitrogens is 3. The topological polar surface area (TPSA) is 70.3 Å². The molecule has 31 heavy (non-hydrogen) atoms. The maximum atomic E-state index is 13.4. The Morgan fingerprint density at radius 1 is 1.00 bits per heavy atom. The molecule has 2 aromatic carbocycles. The van der Waals surface area contributed by atoms with E-state index in [0.29, 0.717) is 39.3 Å². The van der Waals surface area contributed by atoms with Crippen LogP contribution < -0.4 is 14.8 Å². The summed E-state index contributed by atoms with van der Waals surface area (Å²) in [7, 11) is 3.03. The van der Waals surface area contributed by atoms with E-state index in [0.717, 1.165) is 5.69 Å². The quantitative estimate of drug-likeness (QED) is 0.467. The Balaban J connectivity index is 1.81. The van der Waals surface area contributed by atoms with Crippen molar-refractivity contribution in [1.29, 1.82) is 0 Å². The highest BCUT2D eigenvalue weighted by Crippen LogP contribution is 2.36. The zero-order valence-corrected chi connectivity index (χ0v) is 18.1. The van der Waals surface area contributed by atoms with Crippen LogP contribution in [-0.2, 0) is 0 Å². The fourth-order valence-electron chi connectivity index (χ4n) is 3.39. The minimum absolute atomic E-state index is 0.331. The van der Waals surface area contributed by atoms with E-state index < -0.39 is 0 Å². The molecule has 0 fully saturated rings. The molecule has 7 nitrogen and oxygen atoms in total. The SMILES string of the molecule is COc1cc(OC)c(NC(=O)c2c(C)nn(-c3ccccc3)c2-n2cccc2)cc1Cl. The maximum absolute atomic E-state index is 13.4. The van der Waals surface area contributed by atoms with Crippen LogP contribution >= 0.6 is 11.6 Å². The summed E-state index contributed by atoms with van der Waals surface area (Å²) < 4.78 is 14.3. The van der Waals surface area contributed by atoms with Crippen molar-refractivity contribution < 1.29 is 14.3 Å². The van der Waals surface area contributed by atoms with E-state index in [1.807, 2.05) is 59.4 Å². The molecule has 0 saturated carbocycles. The number of carbonyl (C=O) groups is 1. The number of benzene rings is 2. The number of hydrogen-bond donors (Lipinski definition) is 1. The molecule has 158 valence electrons. The van der Waals surface area contributed by atoms with Crippen molar-refractivity contribution in [2.75, 3.05) is 19.5 Å². The summed E-state index contributed by atoms with van der Waals surface area (Å²) in [6, 6.07) is 16.7. The van der Waals surface area contributed by atoms with Gasteiger partial charge >= 0.3 is 0 Å². The number of carbonyl (C=O) groups excluding carboxylic acids is 1. The first kappa shape index (κ1) is 20.6. The van der Waals surface area contributed by atoms with Gasteiger partial charge in [-0.05, 0) is 37.3 Å². The molecule has 0 aliphatic heterocycles. The Labute approximate surface area is 184 Å². The van der Waals surface area contributed by atoms with Crippen LogP contribution in [0, 0.1) is 6.92 Å². The summed E-state index contributed by atoms with van der Waals surface area (Å²) in [5.41, 5.74) is 2.31. The van der Waals surface area contributed by atoms with Crippen molar-refractivity contribution in [3.8, 4) is 23.0 Å². The number of amides is 1. The Morgan fingerprint density at radius 2 is 1.68 bits per heavy atom. The molecular weight excluding hydrogens is 416 g/mol. The van der Waals surface area contributed by atoms with Gasteiger partial charge in [0, 0.05) is 18.5 Å². The van der Waals surface area contributed by atoms with Crippen molar-refractivity contribution in [2.24, 2.45) is 0 Å². The molecule has 0 bridgehead atoms. The molecule has 0 aliphatic rings. The number of methoxy groups -OCH3 is 2. The highest BCUT2D eigenvalue weighted by atomic mass is 35.5. The molecular formula is C23H21ClN4O3. The minimum Gasteiger partial charge on any atom is -0.495 e. The Kier molecular flexibility index (Phi) is 5.68. The normalized spacial score (nSPS) is 10.7. The molecule has 0 spiro atoms. The van der Waals surface area contributed by atoms with Gasteiger partial charge in [0.05, 0.1) is 36.3 Å². The average molecular weight is 437 g/mol. The molecule has 2 aromatic heterocycles. The Morgan fingerprint density at radius 3 is 2.32 bits per heavy atom. The van der Waals surface area contributed by atoms with Crippen LogP contribution in [0.15, 0.2) is 67.0 Å². The molecule has 8 heteroatoms. The second-order valence-electron chi connectivity index (χ2n) is 6.76. The van der Waals surface area contributed by atoms with Gasteiger partial charge in [-0.1, -0.05) is 29.8 Å². The summed E-state index contributed by atoms with van der Waals surface area (Å²) in [5, 5.41) is 7.91. The Bertz CT molecular complexity index is 1220. The molecule has 1 amide bonds. The van der Waals surface area contributed by atoms with Crippen molar-refractivity contribution >= 4 is 23.2 Å². The van der Waals surface area contributed by atoms with Gasteiger partial charge < -0.3 is 19.4 Å². The van der Waals surface area contributed by atoms with Gasteiger partial charge in [0.2, 0.25) is 0 Å². The summed E-state index contributed by atoms with van der Waals surface area (Å²) in [5.74, 6) is 1.19. The second-order valence-corrected chi connectivity index (χ2v) is 7.17. The number of hydrogen-bond acceptors (Lipinski definition) is 4. The van der Waals surface area contributed by atoms with Gasteiger partial charge in [0.1, 0.15) is 17.1 Å². The van der Waals surface area contributed by atoms with Crippen LogP contribution in [0.3, 0.4) is 0 Å². The summed E-state index contributed by atoms with van der Waals surface area (Å²) in [6.07, 6.45) is 3.75. The van der Waals surface area contributed by atoms with Crippen molar-refractivity contribution in [3.63, 3.8) is 0 Å². The fourth-order valence-corrected chi connectivity index (χ4v) is 3.63. The molecule has 0 saturated heterocycles. The van der Waals surface area contributed by atoms with Crippen LogP contribution in [0.1, 0.15) is 16.1 Å². The van der Waals surface area contributed by atoms with Gasteiger partial charge in [0.15, 0.2) is 5.82 Å². The van der Waals surface area contributed by atoms with E-state index in [4.69, 9.17) is 21.1 Å². The zero-order valence-electron chi connectivity index (χ0n) is 17.3. The zero-order chi connectivity index (χ0) is 22.0. The van der Waals surface area contributed by atoms with Gasteiger partial charge in [-0.15, -0.1) is 0 Å². The van der Waals surface area contributed by atoms with Crippen molar-refractivity contribution in [1.82, 2.24) is 14.3 Å². The van der Waals surface area contributed by atoms with E-state index in [9.17, 15) is 4.79 Å². The lowest BCUT2D eigenvalue weighted by atomic mass is 10.2. The molecule has 0 aliphatic carbocycles. The van der Waals surface area contributed by atoms with Gasteiger partial charge in [-0.25, -0.2) is 4.68 Å². The summed E-state index contributed by atoms with van der Waals surface area (Å²) in [6.45, 7) is 1.81. The van der Waals surface area contributed by atoms with E-state index in [1.54, 1.807) is 23.7 Å². The first-order valence-electron chi connectivity index (χ1n) is 9.54. The average Bonchev–Trinajstić information content (AvgIpc) is 3.42. The number of para-hydroxylation sites is 1. The largest absolute Gasteiger partial charge is 0.495 e. The van der Waals surface area contributed by atoms with Gasteiger partial charge in [0.25, 0.3) is 5.91 Å². The molecule has 0 unspecified atom stereocenters. The minimum atomic E-state index is -0.331. The lowest BCUT2D eigenvalue weighted by Gasteiger charge is -2.14. The van der Waals surface area contributed by atoms with E-state index in [1.165, 1.54) is 14.2 Å². The number of nitrogens with zero attached hydrogens (tertiary/aromatic N) is 3. The van der Waals surface area contributed by atoms with E-state index >= 15 is 0 Å². The smallest absolute Gasteiger partial charge is 0.261 e. The highest BCUT2D eigenvalue weighted by molar-refractivity contribution is 6.32. The number of nitrogens with one attached hydrogen (secondary N) is 1. The monoisotopic (exact) mass is 436 g/mol. The first-order valence-corrected chi connectivity index (χ1v) is 9.92. The van der Waals surface area contributed by atoms with Crippen LogP contribution in [0.4, 0.5) is 5.69 Å². The summed E-state index contributed by atoms with van der Waals surface area (Å²) in [4.78, 5) is 13.4. The first-order chi connectivity index (χ1) is 15.0. The van der Waals surface area contributed by atoms with Crippen LogP contribution in [0.25, 0.3) is 11.5 Å². The third-order valence-electron chi connectivity index (χ3n) is 4.83. The van der Waals surface area contributed by atoms with Gasteiger partial charge in [-0.2, -0.15) is 5.10 Å². The van der Waals surface area contributed by atoms with E-state index in [-0.39, 0.29) is 5.91 Å². The third-order valence-corrected chi connectivity index (χ3v) is 5.13. The van der Waals surface area contributed by atoms with Gasteiger partial charge in [-0.3, -0.25) is 4.79 Å². The number of halogens is 1. The molecule has 4 aromatic rings. The molecule has 1 N–H and O–H groups in total. The lowest BCUT2D eigenvalue weighted by Crippen LogP contribution is -2.16. The van der Waals surface area contributed by atoms with E-state index in [2.05, 4.69) is 10.4 Å². The van der Waals surface area contributed by atoms with Crippen LogP contribution in [0.5, 0.6) is 11.5 Å². The molecule has 4 rings (SSSR count). The highest BCUT2D eigenvalue weighted by Gasteiger charge is 2.25. The van der Waals surface area contributed by atoms with Crippen LogP contribution in [0.2, 0.25) is 5.02 Å². The number of anilines is 1. The third kappa shape index (κ3) is 3.87. The Hall–Kier alpha value is -3.71. The number of rotatable bonds is 6. The van der Waals surface area contributed by atoms with Crippen LogP contribution in [-0.4, -0.2) is 34.5 Å². The predicted octanol–water partition coefficient (Wildman–Crippen LogP) is 4.89. The fraction of sp³-hybridized carbons (Fsp3) is 0.130. The molecule has 2 heterocycles. The summed E-state index contributed by atoms with van der Waals surface area (Å²) >= 11 is 6.26. The second kappa shape index (κ2) is 8.57. The standard InChI is InChI=1S/C23H21ClN4O3/c1-15-21(22(29)25-18-13-17(24)19(30-2)14-20(18)31-3)23(27-11-7-8-12-27)28(26-15)16-9-5-4-6-10-16/h4-14H,1-3H3,(H,25,29). The lowest BCUT2D eigenvalue weighted by molar-refractivity contribution is 0.102. The number of aryl methyl sites for hydroxylation is 1. The van der Waals surface area contributed by atoms with Crippen molar-refractivity contribution in [3.05, 3.63) is 83.3 Å². The van der Waals surface area contributed by atoms with Crippen molar-refractivity contribution in [2.45, 2.75) is 6.92 Å². The predicted molar refractivity (Wildman–Crippen MR) is 120 cm³/mol. The molecule has 0 atom stereocenters. The molecule has 0 radical (unpaired) electrons.